The third-order valence-corrected chi connectivity index (χ3v) is 4.58. The lowest BCUT2D eigenvalue weighted by Gasteiger charge is -2.27. The molecule has 2 amide bonds. The Morgan fingerprint density at radius 3 is 2.55 bits per heavy atom. The summed E-state index contributed by atoms with van der Waals surface area (Å²) in [6, 6.07) is 16.2. The summed E-state index contributed by atoms with van der Waals surface area (Å²) in [6.45, 7) is 3.96. The third kappa shape index (κ3) is 5.68. The van der Waals surface area contributed by atoms with E-state index in [4.69, 9.17) is 16.3 Å². The summed E-state index contributed by atoms with van der Waals surface area (Å²) in [5.41, 5.74) is 1.40. The Kier molecular flexibility index (Phi) is 6.34. The maximum absolute atomic E-state index is 13.1. The van der Waals surface area contributed by atoms with E-state index < -0.39 is 11.6 Å². The van der Waals surface area contributed by atoms with Crippen LogP contribution in [0.2, 0.25) is 5.02 Å². The van der Waals surface area contributed by atoms with E-state index in [1.165, 1.54) is 12.1 Å². The number of ether oxygens (including phenoxy) is 1. The van der Waals surface area contributed by atoms with Crippen LogP contribution in [0.5, 0.6) is 5.75 Å². The number of halogens is 2. The number of carbonyl (C=O) groups is 1. The molecule has 0 aliphatic heterocycles. The molecule has 0 spiro atoms. The number of pyridine rings is 1. The molecule has 29 heavy (non-hydrogen) atoms. The molecule has 150 valence electrons. The average Bonchev–Trinajstić information content (AvgIpc) is 2.68. The molecule has 0 saturated heterocycles. The van der Waals surface area contributed by atoms with E-state index in [0.29, 0.717) is 23.1 Å². The van der Waals surface area contributed by atoms with Crippen molar-refractivity contribution in [3.05, 3.63) is 89.0 Å². The highest BCUT2D eigenvalue weighted by atomic mass is 35.5. The van der Waals surface area contributed by atoms with Crippen molar-refractivity contribution in [2.75, 3.05) is 5.32 Å². The summed E-state index contributed by atoms with van der Waals surface area (Å²) in [5.74, 6) is 0.170. The molecule has 2 N–H and O–H groups in total. The zero-order valence-corrected chi connectivity index (χ0v) is 16.8. The predicted molar refractivity (Wildman–Crippen MR) is 112 cm³/mol. The van der Waals surface area contributed by atoms with Crippen molar-refractivity contribution in [3.63, 3.8) is 0 Å². The highest BCUT2D eigenvalue weighted by Gasteiger charge is 2.23. The van der Waals surface area contributed by atoms with Gasteiger partial charge in [0.1, 0.15) is 18.2 Å². The van der Waals surface area contributed by atoms with E-state index in [1.807, 2.05) is 32.0 Å². The minimum atomic E-state index is -0.687. The molecular formula is C22H21ClFN3O2. The topological polar surface area (TPSA) is 63.2 Å². The second-order valence-corrected chi connectivity index (χ2v) is 7.37. The molecule has 1 aromatic heterocycles. The Hall–Kier alpha value is -3.12. The first-order valence-electron chi connectivity index (χ1n) is 9.01. The smallest absolute Gasteiger partial charge is 0.319 e. The molecule has 0 bridgehead atoms. The molecule has 0 unspecified atom stereocenters. The molecule has 0 radical (unpaired) electrons. The second kappa shape index (κ2) is 8.92. The Balaban J connectivity index is 1.60. The van der Waals surface area contributed by atoms with E-state index in [2.05, 4.69) is 15.6 Å². The van der Waals surface area contributed by atoms with Crippen LogP contribution in [0.3, 0.4) is 0 Å². The number of urea groups is 1. The molecule has 3 rings (SSSR count). The fourth-order valence-electron chi connectivity index (χ4n) is 2.72. The van der Waals surface area contributed by atoms with Crippen molar-refractivity contribution in [1.29, 1.82) is 0 Å². The van der Waals surface area contributed by atoms with Gasteiger partial charge in [-0.15, -0.1) is 0 Å². The Morgan fingerprint density at radius 1 is 1.14 bits per heavy atom. The highest BCUT2D eigenvalue weighted by Crippen LogP contribution is 2.28. The number of benzene rings is 2. The fourth-order valence-corrected chi connectivity index (χ4v) is 2.95. The highest BCUT2D eigenvalue weighted by molar-refractivity contribution is 6.32. The van der Waals surface area contributed by atoms with Crippen molar-refractivity contribution in [1.82, 2.24) is 10.3 Å². The normalized spacial score (nSPS) is 11.0. The minimum Gasteiger partial charge on any atom is -0.486 e. The molecule has 1 heterocycles. The van der Waals surface area contributed by atoms with E-state index in [1.54, 1.807) is 36.5 Å². The molecule has 5 nitrogen and oxygen atoms in total. The first kappa shape index (κ1) is 20.6. The quantitative estimate of drug-likeness (QED) is 0.560. The van der Waals surface area contributed by atoms with Crippen LogP contribution in [0.1, 0.15) is 25.1 Å². The number of nitrogens with one attached hydrogen (secondary N) is 2. The molecule has 0 saturated carbocycles. The zero-order valence-electron chi connectivity index (χ0n) is 16.1. The summed E-state index contributed by atoms with van der Waals surface area (Å²) < 4.78 is 18.8. The maximum Gasteiger partial charge on any atom is 0.319 e. The van der Waals surface area contributed by atoms with Crippen molar-refractivity contribution in [2.45, 2.75) is 26.0 Å². The molecule has 0 aliphatic rings. The third-order valence-electron chi connectivity index (χ3n) is 4.28. The first-order chi connectivity index (χ1) is 13.8. The summed E-state index contributed by atoms with van der Waals surface area (Å²) in [6.07, 6.45) is 1.69. The lowest BCUT2D eigenvalue weighted by Crippen LogP contribution is -2.43. The maximum atomic E-state index is 13.1. The number of anilines is 1. The molecular weight excluding hydrogens is 393 g/mol. The van der Waals surface area contributed by atoms with Gasteiger partial charge in [-0.25, -0.2) is 9.18 Å². The Bertz CT molecular complexity index is 979. The zero-order chi connectivity index (χ0) is 20.9. The number of carbonyl (C=O) groups excluding carboxylic acids is 1. The number of rotatable bonds is 6. The summed E-state index contributed by atoms with van der Waals surface area (Å²) in [5, 5.41) is 5.98. The lowest BCUT2D eigenvalue weighted by molar-refractivity contribution is 0.242. The molecule has 0 atom stereocenters. The van der Waals surface area contributed by atoms with Crippen molar-refractivity contribution < 1.29 is 13.9 Å². The SMILES string of the molecule is CC(C)(NC(=O)Nc1ccc(OCc2ccccn2)c(Cl)c1)c1ccc(F)cc1. The van der Waals surface area contributed by atoms with E-state index in [9.17, 15) is 9.18 Å². The van der Waals surface area contributed by atoms with Gasteiger partial charge in [0.15, 0.2) is 0 Å². The number of aromatic nitrogens is 1. The molecule has 7 heteroatoms. The Morgan fingerprint density at radius 2 is 1.90 bits per heavy atom. The van der Waals surface area contributed by atoms with Crippen LogP contribution in [-0.2, 0) is 12.1 Å². The van der Waals surface area contributed by atoms with Crippen LogP contribution < -0.4 is 15.4 Å². The number of hydrogen-bond acceptors (Lipinski definition) is 3. The van der Waals surface area contributed by atoms with Crippen LogP contribution in [-0.4, -0.2) is 11.0 Å². The van der Waals surface area contributed by atoms with Crippen molar-refractivity contribution >= 4 is 23.3 Å². The van der Waals surface area contributed by atoms with Crippen LogP contribution >= 0.6 is 11.6 Å². The minimum absolute atomic E-state index is 0.291. The fraction of sp³-hybridized carbons (Fsp3) is 0.182. The van der Waals surface area contributed by atoms with Gasteiger partial charge in [-0.05, 0) is 61.9 Å². The van der Waals surface area contributed by atoms with Gasteiger partial charge in [0.25, 0.3) is 0 Å². The summed E-state index contributed by atoms with van der Waals surface area (Å²) >= 11 is 6.27. The predicted octanol–water partition coefficient (Wildman–Crippen LogP) is 5.51. The second-order valence-electron chi connectivity index (χ2n) is 6.97. The van der Waals surface area contributed by atoms with Crippen LogP contribution in [0.25, 0.3) is 0 Å². The van der Waals surface area contributed by atoms with Gasteiger partial charge in [0.2, 0.25) is 0 Å². The van der Waals surface area contributed by atoms with Crippen LogP contribution in [0.15, 0.2) is 66.9 Å². The Labute approximate surface area is 173 Å². The van der Waals surface area contributed by atoms with Gasteiger partial charge in [-0.3, -0.25) is 4.98 Å². The number of hydrogen-bond donors (Lipinski definition) is 2. The average molecular weight is 414 g/mol. The van der Waals surface area contributed by atoms with Gasteiger partial charge in [0, 0.05) is 11.9 Å². The molecule has 0 fully saturated rings. The van der Waals surface area contributed by atoms with Gasteiger partial charge >= 0.3 is 6.03 Å². The van der Waals surface area contributed by atoms with Crippen molar-refractivity contribution in [2.24, 2.45) is 0 Å². The van der Waals surface area contributed by atoms with Gasteiger partial charge < -0.3 is 15.4 Å². The van der Waals surface area contributed by atoms with Gasteiger partial charge in [-0.2, -0.15) is 0 Å². The van der Waals surface area contributed by atoms with Crippen molar-refractivity contribution in [3.8, 4) is 5.75 Å². The summed E-state index contributed by atoms with van der Waals surface area (Å²) in [4.78, 5) is 16.6. The van der Waals surface area contributed by atoms with Crippen LogP contribution in [0.4, 0.5) is 14.9 Å². The number of nitrogens with zero attached hydrogens (tertiary/aromatic N) is 1. The number of amides is 2. The summed E-state index contributed by atoms with van der Waals surface area (Å²) in [7, 11) is 0. The monoisotopic (exact) mass is 413 g/mol. The molecule has 3 aromatic rings. The van der Waals surface area contributed by atoms with Crippen LogP contribution in [0, 0.1) is 5.82 Å². The first-order valence-corrected chi connectivity index (χ1v) is 9.39. The molecule has 2 aromatic carbocycles. The van der Waals surface area contributed by atoms with E-state index >= 15 is 0 Å². The largest absolute Gasteiger partial charge is 0.486 e. The standard InChI is InChI=1S/C22H21ClFN3O2/c1-22(2,15-6-8-16(24)9-7-15)27-21(28)26-17-10-11-20(19(23)13-17)29-14-18-5-3-4-12-25-18/h3-13H,14H2,1-2H3,(H2,26,27,28). The van der Waals surface area contributed by atoms with E-state index in [0.717, 1.165) is 11.3 Å². The van der Waals surface area contributed by atoms with E-state index in [-0.39, 0.29) is 5.82 Å². The lowest BCUT2D eigenvalue weighted by atomic mass is 9.94. The van der Waals surface area contributed by atoms with Gasteiger partial charge in [-0.1, -0.05) is 29.8 Å². The molecule has 0 aliphatic carbocycles. The van der Waals surface area contributed by atoms with Gasteiger partial charge in [0.05, 0.1) is 16.3 Å².